The number of halogens is 1. The molecule has 0 unspecified atom stereocenters. The van der Waals surface area contributed by atoms with E-state index >= 15 is 0 Å². The molecular formula is C20H13ClN4O2. The van der Waals surface area contributed by atoms with E-state index in [0.717, 1.165) is 22.4 Å². The van der Waals surface area contributed by atoms with Crippen LogP contribution in [-0.2, 0) is 6.54 Å². The van der Waals surface area contributed by atoms with Crippen LogP contribution in [0.5, 0.6) is 5.88 Å². The Morgan fingerprint density at radius 3 is 2.78 bits per heavy atom. The minimum Gasteiger partial charge on any atom is -0.493 e. The summed E-state index contributed by atoms with van der Waals surface area (Å²) in [5.41, 5.74) is 3.60. The number of H-pyrrole nitrogens is 1. The standard InChI is InChI=1S/C20H13ClN4O2/c21-15-5-6-16-14(10-23-17(16)8-15)7-18-19(26)25(20(27)24-18)11-13-3-1-12(9-22)2-4-13/h1-8,10,26H,11H2,(H,24,27). The number of fused-ring (bicyclic) bond motifs is 1. The predicted molar refractivity (Wildman–Crippen MR) is 104 cm³/mol. The Bertz CT molecular complexity index is 1190. The van der Waals surface area contributed by atoms with Crippen molar-refractivity contribution in [2.24, 2.45) is 4.99 Å². The third kappa shape index (κ3) is 3.16. The van der Waals surface area contributed by atoms with E-state index in [2.05, 4.69) is 9.98 Å². The predicted octanol–water partition coefficient (Wildman–Crippen LogP) is 3.71. The van der Waals surface area contributed by atoms with Crippen molar-refractivity contribution in [1.29, 1.82) is 5.26 Å². The molecule has 2 aromatic carbocycles. The van der Waals surface area contributed by atoms with Gasteiger partial charge in [-0.1, -0.05) is 29.8 Å². The normalized spacial score (nSPS) is 13.7. The maximum absolute atomic E-state index is 12.3. The molecule has 0 radical (unpaired) electrons. The van der Waals surface area contributed by atoms with Gasteiger partial charge in [0.1, 0.15) is 5.69 Å². The summed E-state index contributed by atoms with van der Waals surface area (Å²) in [6.45, 7) is 0.191. The molecule has 132 valence electrons. The number of rotatable bonds is 3. The van der Waals surface area contributed by atoms with Crippen molar-refractivity contribution >= 4 is 35.2 Å². The molecule has 1 aliphatic heterocycles. The summed E-state index contributed by atoms with van der Waals surface area (Å²) in [6, 6.07) is 14.3. The molecule has 0 saturated carbocycles. The van der Waals surface area contributed by atoms with E-state index in [1.807, 2.05) is 12.1 Å². The van der Waals surface area contributed by atoms with Crippen LogP contribution >= 0.6 is 11.6 Å². The summed E-state index contributed by atoms with van der Waals surface area (Å²) in [5.74, 6) is -0.160. The van der Waals surface area contributed by atoms with Crippen LogP contribution in [0.15, 0.2) is 52.3 Å². The van der Waals surface area contributed by atoms with Crippen LogP contribution < -0.4 is 5.69 Å². The molecule has 1 aromatic heterocycles. The lowest BCUT2D eigenvalue weighted by Crippen LogP contribution is -2.17. The number of aliphatic imine (C=N–C) groups is 1. The number of allylic oxidation sites excluding steroid dienone is 1. The van der Waals surface area contributed by atoms with Gasteiger partial charge in [-0.25, -0.2) is 4.79 Å². The fraction of sp³-hybridized carbons (Fsp3) is 0.0500. The quantitative estimate of drug-likeness (QED) is 0.729. The highest BCUT2D eigenvalue weighted by Crippen LogP contribution is 2.35. The zero-order valence-corrected chi connectivity index (χ0v) is 14.7. The SMILES string of the molecule is N#Cc1ccc(Cn2c(O)c(C=C3C=Nc4cc(Cl)ccc43)[nH]c2=O)cc1. The summed E-state index contributed by atoms with van der Waals surface area (Å²) in [6.07, 6.45) is 3.34. The maximum Gasteiger partial charge on any atom is 0.329 e. The lowest BCUT2D eigenvalue weighted by atomic mass is 10.1. The molecule has 6 nitrogen and oxygen atoms in total. The topological polar surface area (TPSA) is 94.2 Å². The van der Waals surface area contributed by atoms with E-state index in [1.54, 1.807) is 48.7 Å². The monoisotopic (exact) mass is 376 g/mol. The average Bonchev–Trinajstić information content (AvgIpc) is 3.18. The fourth-order valence-corrected chi connectivity index (χ4v) is 3.10. The summed E-state index contributed by atoms with van der Waals surface area (Å²) < 4.78 is 1.24. The molecule has 0 aliphatic carbocycles. The largest absolute Gasteiger partial charge is 0.493 e. The van der Waals surface area contributed by atoms with Crippen molar-refractivity contribution in [3.05, 3.63) is 80.4 Å². The Kier molecular flexibility index (Phi) is 4.15. The summed E-state index contributed by atoms with van der Waals surface area (Å²) in [4.78, 5) is 19.2. The number of aromatic nitrogens is 2. The maximum atomic E-state index is 12.3. The number of benzene rings is 2. The second-order valence-corrected chi connectivity index (χ2v) is 6.52. The first-order valence-electron chi connectivity index (χ1n) is 8.11. The highest BCUT2D eigenvalue weighted by molar-refractivity contribution is 6.31. The van der Waals surface area contributed by atoms with Crippen molar-refractivity contribution in [2.45, 2.75) is 6.54 Å². The second kappa shape index (κ2) is 6.63. The molecule has 7 heteroatoms. The van der Waals surface area contributed by atoms with E-state index in [0.29, 0.717) is 16.3 Å². The lowest BCUT2D eigenvalue weighted by Gasteiger charge is -2.04. The fourth-order valence-electron chi connectivity index (χ4n) is 2.93. The number of imidazole rings is 1. The van der Waals surface area contributed by atoms with Crippen LogP contribution in [0.25, 0.3) is 11.6 Å². The third-order valence-electron chi connectivity index (χ3n) is 4.32. The van der Waals surface area contributed by atoms with Crippen LogP contribution in [0.3, 0.4) is 0 Å². The van der Waals surface area contributed by atoms with Crippen LogP contribution in [-0.4, -0.2) is 20.9 Å². The van der Waals surface area contributed by atoms with E-state index in [-0.39, 0.29) is 12.4 Å². The summed E-state index contributed by atoms with van der Waals surface area (Å²) >= 11 is 5.97. The first-order valence-corrected chi connectivity index (χ1v) is 8.49. The minimum atomic E-state index is -0.421. The van der Waals surface area contributed by atoms with Crippen molar-refractivity contribution in [2.75, 3.05) is 0 Å². The van der Waals surface area contributed by atoms with Gasteiger partial charge in [-0.2, -0.15) is 5.26 Å². The van der Waals surface area contributed by atoms with Gasteiger partial charge in [0.15, 0.2) is 0 Å². The lowest BCUT2D eigenvalue weighted by molar-refractivity contribution is 0.420. The molecule has 27 heavy (non-hydrogen) atoms. The third-order valence-corrected chi connectivity index (χ3v) is 4.56. The molecule has 0 bridgehead atoms. The number of hydrogen-bond donors (Lipinski definition) is 2. The Labute approximate surface area is 159 Å². The van der Waals surface area contributed by atoms with Gasteiger partial charge in [-0.05, 0) is 35.9 Å². The zero-order chi connectivity index (χ0) is 19.0. The molecular weight excluding hydrogens is 364 g/mol. The Morgan fingerprint density at radius 2 is 2.04 bits per heavy atom. The Hall–Kier alpha value is -3.56. The molecule has 0 fully saturated rings. The molecule has 2 N–H and O–H groups in total. The molecule has 0 spiro atoms. The smallest absolute Gasteiger partial charge is 0.329 e. The van der Waals surface area contributed by atoms with Crippen molar-refractivity contribution in [3.8, 4) is 11.9 Å². The van der Waals surface area contributed by atoms with Gasteiger partial charge in [0, 0.05) is 22.4 Å². The number of aromatic amines is 1. The van der Waals surface area contributed by atoms with Crippen LogP contribution in [0.2, 0.25) is 5.02 Å². The van der Waals surface area contributed by atoms with Crippen molar-refractivity contribution < 1.29 is 5.11 Å². The Morgan fingerprint density at radius 1 is 1.26 bits per heavy atom. The van der Waals surface area contributed by atoms with Gasteiger partial charge >= 0.3 is 5.69 Å². The van der Waals surface area contributed by atoms with Crippen molar-refractivity contribution in [3.63, 3.8) is 0 Å². The van der Waals surface area contributed by atoms with Gasteiger partial charge in [0.2, 0.25) is 5.88 Å². The highest BCUT2D eigenvalue weighted by Gasteiger charge is 2.16. The summed E-state index contributed by atoms with van der Waals surface area (Å²) in [7, 11) is 0. The molecule has 0 amide bonds. The number of hydrogen-bond acceptors (Lipinski definition) is 4. The minimum absolute atomic E-state index is 0.160. The molecule has 1 aliphatic rings. The van der Waals surface area contributed by atoms with E-state index < -0.39 is 5.69 Å². The first kappa shape index (κ1) is 16.9. The molecule has 3 aromatic rings. The number of nitrogens with one attached hydrogen (secondary N) is 1. The number of nitriles is 1. The van der Waals surface area contributed by atoms with Gasteiger partial charge in [-0.15, -0.1) is 0 Å². The van der Waals surface area contributed by atoms with Crippen LogP contribution in [0.1, 0.15) is 22.4 Å². The van der Waals surface area contributed by atoms with Crippen LogP contribution in [0, 0.1) is 11.3 Å². The molecule has 4 rings (SSSR count). The van der Waals surface area contributed by atoms with Gasteiger partial charge in [-0.3, -0.25) is 9.56 Å². The average molecular weight is 377 g/mol. The highest BCUT2D eigenvalue weighted by atomic mass is 35.5. The van der Waals surface area contributed by atoms with Crippen LogP contribution in [0.4, 0.5) is 5.69 Å². The molecule has 0 saturated heterocycles. The van der Waals surface area contributed by atoms with E-state index in [1.165, 1.54) is 4.57 Å². The van der Waals surface area contributed by atoms with Gasteiger partial charge in [0.25, 0.3) is 0 Å². The van der Waals surface area contributed by atoms with Crippen molar-refractivity contribution in [1.82, 2.24) is 9.55 Å². The molecule has 2 heterocycles. The van der Waals surface area contributed by atoms with Gasteiger partial charge in [0.05, 0.1) is 23.9 Å². The van der Waals surface area contributed by atoms with Gasteiger partial charge < -0.3 is 10.1 Å². The summed E-state index contributed by atoms with van der Waals surface area (Å²) in [5, 5.41) is 19.9. The van der Waals surface area contributed by atoms with E-state index in [4.69, 9.17) is 16.9 Å². The van der Waals surface area contributed by atoms with E-state index in [9.17, 15) is 9.90 Å². The number of nitrogens with zero attached hydrogens (tertiary/aromatic N) is 3. The zero-order valence-electron chi connectivity index (χ0n) is 14.0. The number of aromatic hydroxyl groups is 1. The molecule has 0 atom stereocenters. The first-order chi connectivity index (χ1) is 13.0. The Balaban J connectivity index is 1.67. The second-order valence-electron chi connectivity index (χ2n) is 6.08.